The van der Waals surface area contributed by atoms with Gasteiger partial charge in [0.2, 0.25) is 17.7 Å². The number of hydrogen-bond acceptors (Lipinski definition) is 5. The van der Waals surface area contributed by atoms with E-state index in [1.807, 2.05) is 32.0 Å². The molecule has 2 aliphatic rings. The number of nitrogens with zero attached hydrogens (tertiary/aromatic N) is 1. The van der Waals surface area contributed by atoms with Crippen molar-refractivity contribution < 1.29 is 23.9 Å². The van der Waals surface area contributed by atoms with Crippen LogP contribution in [0.4, 0.5) is 4.79 Å². The lowest BCUT2D eigenvalue weighted by atomic mass is 9.86. The van der Waals surface area contributed by atoms with Crippen molar-refractivity contribution in [1.29, 1.82) is 0 Å². The molecular formula is C29H44N4O5. The Labute approximate surface area is 226 Å². The highest BCUT2D eigenvalue weighted by Crippen LogP contribution is 2.36. The molecule has 0 heterocycles. The highest BCUT2D eigenvalue weighted by atomic mass is 16.6. The average Bonchev–Trinajstić information content (AvgIpc) is 2.78. The summed E-state index contributed by atoms with van der Waals surface area (Å²) in [6.45, 7) is 9.07. The SMILES string of the molecule is Cc1cccc(C(C(=O)NC2CCCCC2)N(C(=O)C(CC(N)=O)NC(=O)OC(C)(C)C)C2CCC2)c1C. The van der Waals surface area contributed by atoms with Gasteiger partial charge in [0.1, 0.15) is 17.7 Å². The summed E-state index contributed by atoms with van der Waals surface area (Å²) < 4.78 is 5.36. The first-order valence-corrected chi connectivity index (χ1v) is 13.8. The second-order valence-corrected chi connectivity index (χ2v) is 11.7. The number of hydrogen-bond donors (Lipinski definition) is 3. The second kappa shape index (κ2) is 12.6. The maximum Gasteiger partial charge on any atom is 0.408 e. The van der Waals surface area contributed by atoms with Gasteiger partial charge in [-0.2, -0.15) is 0 Å². The molecule has 1 aromatic rings. The summed E-state index contributed by atoms with van der Waals surface area (Å²) in [6.07, 6.45) is 6.28. The average molecular weight is 529 g/mol. The third-order valence-corrected chi connectivity index (χ3v) is 7.54. The van der Waals surface area contributed by atoms with Gasteiger partial charge >= 0.3 is 6.09 Å². The summed E-state index contributed by atoms with van der Waals surface area (Å²) in [4.78, 5) is 54.4. The van der Waals surface area contributed by atoms with Gasteiger partial charge in [-0.1, -0.05) is 37.5 Å². The second-order valence-electron chi connectivity index (χ2n) is 11.7. The highest BCUT2D eigenvalue weighted by molar-refractivity contribution is 5.95. The largest absolute Gasteiger partial charge is 0.444 e. The molecule has 2 fully saturated rings. The van der Waals surface area contributed by atoms with Crippen LogP contribution in [0.1, 0.15) is 101 Å². The van der Waals surface area contributed by atoms with Crippen molar-refractivity contribution in [1.82, 2.24) is 15.5 Å². The maximum atomic E-state index is 14.2. The van der Waals surface area contributed by atoms with Gasteiger partial charge in [-0.3, -0.25) is 14.4 Å². The molecule has 2 aliphatic carbocycles. The fraction of sp³-hybridized carbons (Fsp3) is 0.655. The molecule has 0 aliphatic heterocycles. The van der Waals surface area contributed by atoms with Crippen LogP contribution in [0.5, 0.6) is 0 Å². The number of nitrogens with one attached hydrogen (secondary N) is 2. The van der Waals surface area contributed by atoms with E-state index in [0.717, 1.165) is 68.1 Å². The zero-order chi connectivity index (χ0) is 28.0. The van der Waals surface area contributed by atoms with Crippen LogP contribution < -0.4 is 16.4 Å². The monoisotopic (exact) mass is 528 g/mol. The molecule has 9 nitrogen and oxygen atoms in total. The Morgan fingerprint density at radius 3 is 2.24 bits per heavy atom. The van der Waals surface area contributed by atoms with Crippen LogP contribution in [0.3, 0.4) is 0 Å². The van der Waals surface area contributed by atoms with E-state index in [4.69, 9.17) is 10.5 Å². The number of carbonyl (C=O) groups excluding carboxylic acids is 4. The Bertz CT molecular complexity index is 1020. The Balaban J connectivity index is 2.01. The zero-order valence-electron chi connectivity index (χ0n) is 23.5. The summed E-state index contributed by atoms with van der Waals surface area (Å²) in [5.74, 6) is -1.48. The van der Waals surface area contributed by atoms with E-state index in [9.17, 15) is 19.2 Å². The molecule has 210 valence electrons. The summed E-state index contributed by atoms with van der Waals surface area (Å²) in [6, 6.07) is 3.47. The fourth-order valence-corrected chi connectivity index (χ4v) is 5.23. The van der Waals surface area contributed by atoms with Crippen LogP contribution in [0.2, 0.25) is 0 Å². The summed E-state index contributed by atoms with van der Waals surface area (Å²) >= 11 is 0. The van der Waals surface area contributed by atoms with Crippen LogP contribution in [-0.4, -0.2) is 52.4 Å². The normalized spacial score (nSPS) is 18.0. The summed E-state index contributed by atoms with van der Waals surface area (Å²) in [7, 11) is 0. The number of primary amides is 1. The van der Waals surface area contributed by atoms with Crippen molar-refractivity contribution in [3.63, 3.8) is 0 Å². The molecule has 0 radical (unpaired) electrons. The van der Waals surface area contributed by atoms with E-state index in [-0.39, 0.29) is 18.0 Å². The first-order chi connectivity index (χ1) is 17.9. The summed E-state index contributed by atoms with van der Waals surface area (Å²) in [5.41, 5.74) is 7.39. The van der Waals surface area contributed by atoms with Gasteiger partial charge in [0.05, 0.1) is 6.42 Å². The predicted molar refractivity (Wildman–Crippen MR) is 145 cm³/mol. The van der Waals surface area contributed by atoms with Crippen LogP contribution in [-0.2, 0) is 19.1 Å². The standard InChI is InChI=1S/C29H44N4O5/c1-18-11-9-16-22(19(18)2)25(26(35)31-20-12-7-6-8-13-20)33(21-14-10-15-21)27(36)23(17-24(30)34)32-28(37)38-29(3,4)5/h9,11,16,20-21,23,25H,6-8,10,12-15,17H2,1-5H3,(H2,30,34)(H,31,35)(H,32,37). The van der Waals surface area contributed by atoms with E-state index >= 15 is 0 Å². The first-order valence-electron chi connectivity index (χ1n) is 13.8. The number of amides is 4. The van der Waals surface area contributed by atoms with Gasteiger partial charge < -0.3 is 26.0 Å². The Morgan fingerprint density at radius 2 is 1.68 bits per heavy atom. The Hall–Kier alpha value is -3.10. The first kappa shape index (κ1) is 29.5. The molecule has 3 rings (SSSR count). The minimum Gasteiger partial charge on any atom is -0.444 e. The molecule has 9 heteroatoms. The Morgan fingerprint density at radius 1 is 1.03 bits per heavy atom. The maximum absolute atomic E-state index is 14.2. The van der Waals surface area contributed by atoms with Gasteiger partial charge in [-0.25, -0.2) is 4.79 Å². The molecule has 0 saturated heterocycles. The van der Waals surface area contributed by atoms with Crippen molar-refractivity contribution in [2.75, 3.05) is 0 Å². The Kier molecular flexibility index (Phi) is 9.79. The van der Waals surface area contributed by atoms with E-state index in [1.54, 1.807) is 25.7 Å². The molecule has 0 aromatic heterocycles. The lowest BCUT2D eigenvalue weighted by molar-refractivity contribution is -0.148. The molecule has 0 spiro atoms. The quantitative estimate of drug-likeness (QED) is 0.447. The van der Waals surface area contributed by atoms with Gasteiger partial charge in [0.25, 0.3) is 0 Å². The van der Waals surface area contributed by atoms with Crippen molar-refractivity contribution in [2.24, 2.45) is 5.73 Å². The van der Waals surface area contributed by atoms with Crippen molar-refractivity contribution in [2.45, 2.75) is 122 Å². The van der Waals surface area contributed by atoms with Crippen LogP contribution >= 0.6 is 0 Å². The third-order valence-electron chi connectivity index (χ3n) is 7.54. The third kappa shape index (κ3) is 7.71. The van der Waals surface area contributed by atoms with Gasteiger partial charge in [0.15, 0.2) is 0 Å². The number of benzene rings is 1. The van der Waals surface area contributed by atoms with E-state index < -0.39 is 42.0 Å². The van der Waals surface area contributed by atoms with Crippen LogP contribution in [0.15, 0.2) is 18.2 Å². The van der Waals surface area contributed by atoms with E-state index in [1.165, 1.54) is 0 Å². The number of nitrogens with two attached hydrogens (primary N) is 1. The van der Waals surface area contributed by atoms with Crippen molar-refractivity contribution in [3.05, 3.63) is 34.9 Å². The number of ether oxygens (including phenoxy) is 1. The fourth-order valence-electron chi connectivity index (χ4n) is 5.23. The minimum atomic E-state index is -1.25. The molecular weight excluding hydrogens is 484 g/mol. The number of carbonyl (C=O) groups is 4. The summed E-state index contributed by atoms with van der Waals surface area (Å²) in [5, 5.41) is 5.77. The highest BCUT2D eigenvalue weighted by Gasteiger charge is 2.43. The van der Waals surface area contributed by atoms with Gasteiger partial charge in [0, 0.05) is 12.1 Å². The topological polar surface area (TPSA) is 131 Å². The molecule has 2 unspecified atom stereocenters. The number of rotatable bonds is 9. The molecule has 1 aromatic carbocycles. The van der Waals surface area contributed by atoms with Crippen LogP contribution in [0.25, 0.3) is 0 Å². The molecule has 4 amide bonds. The lowest BCUT2D eigenvalue weighted by Gasteiger charge is -2.44. The predicted octanol–water partition coefficient (Wildman–Crippen LogP) is 3.94. The smallest absolute Gasteiger partial charge is 0.408 e. The van der Waals surface area contributed by atoms with Crippen molar-refractivity contribution in [3.8, 4) is 0 Å². The number of alkyl carbamates (subject to hydrolysis) is 1. The number of aryl methyl sites for hydroxylation is 1. The molecule has 0 bridgehead atoms. The lowest BCUT2D eigenvalue weighted by Crippen LogP contribution is -2.58. The zero-order valence-corrected chi connectivity index (χ0v) is 23.5. The van der Waals surface area contributed by atoms with E-state index in [0.29, 0.717) is 0 Å². The molecule has 2 saturated carbocycles. The van der Waals surface area contributed by atoms with E-state index in [2.05, 4.69) is 10.6 Å². The van der Waals surface area contributed by atoms with Crippen molar-refractivity contribution >= 4 is 23.8 Å². The van der Waals surface area contributed by atoms with Gasteiger partial charge in [-0.05, 0) is 83.4 Å². The van der Waals surface area contributed by atoms with Gasteiger partial charge in [-0.15, -0.1) is 0 Å². The minimum absolute atomic E-state index is 0.0588. The van der Waals surface area contributed by atoms with Crippen LogP contribution in [0, 0.1) is 13.8 Å². The molecule has 38 heavy (non-hydrogen) atoms. The molecule has 4 N–H and O–H groups in total. The molecule has 2 atom stereocenters.